The number of hydrogen-bond acceptors (Lipinski definition) is 5. The van der Waals surface area contributed by atoms with Crippen LogP contribution in [0.5, 0.6) is 0 Å². The van der Waals surface area contributed by atoms with Crippen LogP contribution >= 0.6 is 22.7 Å². The Labute approximate surface area is 185 Å². The molecule has 156 valence electrons. The minimum atomic E-state index is -0.177. The van der Waals surface area contributed by atoms with E-state index in [0.29, 0.717) is 10.8 Å². The zero-order valence-electron chi connectivity index (χ0n) is 17.5. The first-order valence-corrected chi connectivity index (χ1v) is 11.3. The highest BCUT2D eigenvalue weighted by molar-refractivity contribution is 7.14. The predicted octanol–water partition coefficient (Wildman–Crippen LogP) is 5.81. The Bertz CT molecular complexity index is 1020. The Morgan fingerprint density at radius 1 is 1.10 bits per heavy atom. The maximum absolute atomic E-state index is 12.6. The van der Waals surface area contributed by atoms with E-state index in [1.54, 1.807) is 22.3 Å². The highest BCUT2D eigenvalue weighted by Crippen LogP contribution is 2.35. The number of rotatable bonds is 6. The summed E-state index contributed by atoms with van der Waals surface area (Å²) >= 11 is 3.00. The number of benzene rings is 1. The fraction of sp³-hybridized carbons (Fsp3) is 0.261. The zero-order valence-corrected chi connectivity index (χ0v) is 19.1. The van der Waals surface area contributed by atoms with Gasteiger partial charge < -0.3 is 5.32 Å². The number of nitrogens with one attached hydrogen (secondary N) is 1. The van der Waals surface area contributed by atoms with Gasteiger partial charge in [0.15, 0.2) is 5.13 Å². The van der Waals surface area contributed by atoms with Crippen molar-refractivity contribution < 1.29 is 9.59 Å². The standard InChI is InChI=1S/C23H25N3O2S2/c1-16(27)26(18-9-6-5-7-10-18)22-24-17(15-30-22)12-13-20(28)25-21(23(2,3)4)19-11-8-14-29-19/h5-15,21H,1-4H3,(H,25,28)/b13-12+. The van der Waals surface area contributed by atoms with Crippen molar-refractivity contribution in [2.45, 2.75) is 33.7 Å². The number of carbonyl (C=O) groups excluding carboxylic acids is 2. The first-order valence-electron chi connectivity index (χ1n) is 9.59. The van der Waals surface area contributed by atoms with Crippen LogP contribution < -0.4 is 10.2 Å². The van der Waals surface area contributed by atoms with E-state index in [-0.39, 0.29) is 23.3 Å². The van der Waals surface area contributed by atoms with Crippen molar-refractivity contribution in [3.8, 4) is 0 Å². The van der Waals surface area contributed by atoms with Gasteiger partial charge in [-0.3, -0.25) is 14.5 Å². The number of thiazole rings is 1. The van der Waals surface area contributed by atoms with E-state index in [1.165, 1.54) is 24.3 Å². The predicted molar refractivity (Wildman–Crippen MR) is 125 cm³/mol. The number of para-hydroxylation sites is 1. The molecule has 3 aromatic rings. The van der Waals surface area contributed by atoms with Crippen LogP contribution in [0.1, 0.15) is 44.3 Å². The van der Waals surface area contributed by atoms with Crippen LogP contribution in [0.25, 0.3) is 6.08 Å². The monoisotopic (exact) mass is 439 g/mol. The molecule has 0 bridgehead atoms. The van der Waals surface area contributed by atoms with E-state index >= 15 is 0 Å². The topological polar surface area (TPSA) is 62.3 Å². The normalized spacial score (nSPS) is 12.7. The molecule has 30 heavy (non-hydrogen) atoms. The van der Waals surface area contributed by atoms with Gasteiger partial charge in [-0.1, -0.05) is 45.0 Å². The number of aromatic nitrogens is 1. The van der Waals surface area contributed by atoms with Crippen LogP contribution in [0.2, 0.25) is 0 Å². The summed E-state index contributed by atoms with van der Waals surface area (Å²) in [5.41, 5.74) is 1.28. The van der Waals surface area contributed by atoms with Gasteiger partial charge in [-0.15, -0.1) is 22.7 Å². The van der Waals surface area contributed by atoms with Crippen LogP contribution in [-0.4, -0.2) is 16.8 Å². The minimum Gasteiger partial charge on any atom is -0.344 e. The van der Waals surface area contributed by atoms with E-state index in [4.69, 9.17) is 0 Å². The molecule has 0 saturated carbocycles. The fourth-order valence-corrected chi connectivity index (χ4v) is 4.86. The molecule has 1 aromatic carbocycles. The molecule has 2 aromatic heterocycles. The Morgan fingerprint density at radius 2 is 1.83 bits per heavy atom. The Hall–Kier alpha value is -2.77. The van der Waals surface area contributed by atoms with Crippen molar-refractivity contribution in [2.24, 2.45) is 5.41 Å². The highest BCUT2D eigenvalue weighted by Gasteiger charge is 2.28. The van der Waals surface area contributed by atoms with E-state index in [9.17, 15) is 9.59 Å². The molecular weight excluding hydrogens is 414 g/mol. The molecule has 0 radical (unpaired) electrons. The lowest BCUT2D eigenvalue weighted by Gasteiger charge is -2.30. The van der Waals surface area contributed by atoms with E-state index in [1.807, 2.05) is 53.2 Å². The van der Waals surface area contributed by atoms with Gasteiger partial charge >= 0.3 is 0 Å². The molecule has 0 aliphatic heterocycles. The second-order valence-corrected chi connectivity index (χ2v) is 9.72. The van der Waals surface area contributed by atoms with Crippen LogP contribution in [0.4, 0.5) is 10.8 Å². The summed E-state index contributed by atoms with van der Waals surface area (Å²) in [4.78, 5) is 31.9. The van der Waals surface area contributed by atoms with Gasteiger partial charge in [0.05, 0.1) is 17.4 Å². The number of nitrogens with zero attached hydrogens (tertiary/aromatic N) is 2. The third-order valence-electron chi connectivity index (χ3n) is 4.42. The molecule has 0 aliphatic carbocycles. The van der Waals surface area contributed by atoms with Gasteiger partial charge in [0.1, 0.15) is 0 Å². The molecule has 0 saturated heterocycles. The maximum Gasteiger partial charge on any atom is 0.244 e. The number of thiophene rings is 1. The summed E-state index contributed by atoms with van der Waals surface area (Å²) in [6, 6.07) is 13.3. The maximum atomic E-state index is 12.6. The van der Waals surface area contributed by atoms with Gasteiger partial charge in [-0.2, -0.15) is 0 Å². The highest BCUT2D eigenvalue weighted by atomic mass is 32.1. The van der Waals surface area contributed by atoms with Gasteiger partial charge in [-0.05, 0) is 35.1 Å². The van der Waals surface area contributed by atoms with Gasteiger partial charge in [-0.25, -0.2) is 4.98 Å². The first-order chi connectivity index (χ1) is 14.3. The van der Waals surface area contributed by atoms with Gasteiger partial charge in [0.25, 0.3) is 0 Å². The molecule has 0 aliphatic rings. The van der Waals surface area contributed by atoms with Crippen LogP contribution in [0.15, 0.2) is 59.3 Å². The minimum absolute atomic E-state index is 0.0769. The summed E-state index contributed by atoms with van der Waals surface area (Å²) < 4.78 is 0. The lowest BCUT2D eigenvalue weighted by molar-refractivity contribution is -0.118. The lowest BCUT2D eigenvalue weighted by atomic mass is 9.85. The summed E-state index contributed by atoms with van der Waals surface area (Å²) in [5.74, 6) is -0.294. The average molecular weight is 440 g/mol. The number of amides is 2. The van der Waals surface area contributed by atoms with Crippen molar-refractivity contribution in [1.82, 2.24) is 10.3 Å². The smallest absolute Gasteiger partial charge is 0.244 e. The van der Waals surface area contributed by atoms with Crippen LogP contribution in [0.3, 0.4) is 0 Å². The molecular formula is C23H25N3O2S2. The second kappa shape index (κ2) is 9.36. The molecule has 7 heteroatoms. The SMILES string of the molecule is CC(=O)N(c1ccccc1)c1nc(/C=C/C(=O)NC(c2cccs2)C(C)(C)C)cs1. The van der Waals surface area contributed by atoms with Crippen molar-refractivity contribution >= 4 is 51.4 Å². The summed E-state index contributed by atoms with van der Waals surface area (Å²) in [7, 11) is 0. The Balaban J connectivity index is 1.73. The van der Waals surface area contributed by atoms with Crippen LogP contribution in [0, 0.1) is 5.41 Å². The van der Waals surface area contributed by atoms with Crippen molar-refractivity contribution in [2.75, 3.05) is 4.90 Å². The summed E-state index contributed by atoms with van der Waals surface area (Å²) in [6.45, 7) is 7.82. The quantitative estimate of drug-likeness (QED) is 0.493. The fourth-order valence-electron chi connectivity index (χ4n) is 2.98. The Morgan fingerprint density at radius 3 is 2.43 bits per heavy atom. The first kappa shape index (κ1) is 21.9. The second-order valence-electron chi connectivity index (χ2n) is 7.90. The molecule has 0 fully saturated rings. The third kappa shape index (κ3) is 5.43. The molecule has 1 N–H and O–H groups in total. The molecule has 5 nitrogen and oxygen atoms in total. The largest absolute Gasteiger partial charge is 0.344 e. The molecule has 3 rings (SSSR count). The lowest BCUT2D eigenvalue weighted by Crippen LogP contribution is -2.35. The van der Waals surface area contributed by atoms with Crippen molar-refractivity contribution in [3.05, 3.63) is 69.9 Å². The number of anilines is 2. The number of carbonyl (C=O) groups is 2. The third-order valence-corrected chi connectivity index (χ3v) is 6.20. The van der Waals surface area contributed by atoms with Crippen LogP contribution in [-0.2, 0) is 9.59 Å². The Kier molecular flexibility index (Phi) is 6.84. The van der Waals surface area contributed by atoms with E-state index < -0.39 is 0 Å². The van der Waals surface area contributed by atoms with Crippen molar-refractivity contribution in [3.63, 3.8) is 0 Å². The van der Waals surface area contributed by atoms with E-state index in [0.717, 1.165) is 10.6 Å². The summed E-state index contributed by atoms with van der Waals surface area (Å²) in [5, 5.41) is 7.51. The number of hydrogen-bond donors (Lipinski definition) is 1. The molecule has 2 amide bonds. The molecule has 2 heterocycles. The van der Waals surface area contributed by atoms with Crippen molar-refractivity contribution in [1.29, 1.82) is 0 Å². The summed E-state index contributed by atoms with van der Waals surface area (Å²) in [6.07, 6.45) is 3.17. The zero-order chi connectivity index (χ0) is 21.7. The molecule has 0 spiro atoms. The average Bonchev–Trinajstić information content (AvgIpc) is 3.36. The molecule has 1 unspecified atom stereocenters. The van der Waals surface area contributed by atoms with Gasteiger partial charge in [0, 0.05) is 23.3 Å². The van der Waals surface area contributed by atoms with E-state index in [2.05, 4.69) is 31.1 Å². The molecule has 1 atom stereocenters. The van der Waals surface area contributed by atoms with Gasteiger partial charge in [0.2, 0.25) is 11.8 Å².